The molecular weight excluding hydrogens is 245 g/mol. The van der Waals surface area contributed by atoms with Crippen molar-refractivity contribution in [1.82, 2.24) is 0 Å². The molecule has 1 amide bonds. The van der Waals surface area contributed by atoms with Crippen molar-refractivity contribution in [3.05, 3.63) is 0 Å². The van der Waals surface area contributed by atoms with Gasteiger partial charge in [-0.2, -0.15) is 17.5 Å². The molecule has 1 aliphatic heterocycles. The van der Waals surface area contributed by atoms with Gasteiger partial charge in [0.05, 0.1) is 15.8 Å². The molecule has 0 fully saturated rings. The first kappa shape index (κ1) is 13.4. The SMILES string of the molecule is N[C@H]1CCS(=O)(CCCC(F)(F)F)=NC1=O. The minimum Gasteiger partial charge on any atom is -0.320 e. The molecule has 0 saturated heterocycles. The molecule has 0 spiro atoms. The van der Waals surface area contributed by atoms with E-state index in [4.69, 9.17) is 5.73 Å². The average molecular weight is 258 g/mol. The Kier molecular flexibility index (Phi) is 3.95. The maximum Gasteiger partial charge on any atom is 0.389 e. The number of rotatable bonds is 3. The highest BCUT2D eigenvalue weighted by Crippen LogP contribution is 2.22. The smallest absolute Gasteiger partial charge is 0.320 e. The Morgan fingerprint density at radius 3 is 2.62 bits per heavy atom. The lowest BCUT2D eigenvalue weighted by molar-refractivity contribution is -0.134. The number of halogens is 3. The van der Waals surface area contributed by atoms with E-state index in [0.717, 1.165) is 0 Å². The molecule has 16 heavy (non-hydrogen) atoms. The highest BCUT2D eigenvalue weighted by molar-refractivity contribution is 7.93. The van der Waals surface area contributed by atoms with Crippen LogP contribution in [0.4, 0.5) is 13.2 Å². The van der Waals surface area contributed by atoms with Gasteiger partial charge >= 0.3 is 6.18 Å². The molecule has 0 saturated carbocycles. The molecule has 94 valence electrons. The Balaban J connectivity index is 2.57. The summed E-state index contributed by atoms with van der Waals surface area (Å²) in [5, 5.41) is 0. The normalized spacial score (nSPS) is 31.2. The molecule has 8 heteroatoms. The Morgan fingerprint density at radius 2 is 2.12 bits per heavy atom. The lowest BCUT2D eigenvalue weighted by Gasteiger charge is -2.18. The van der Waals surface area contributed by atoms with E-state index in [-0.39, 0.29) is 24.3 Å². The van der Waals surface area contributed by atoms with Crippen molar-refractivity contribution < 1.29 is 22.2 Å². The van der Waals surface area contributed by atoms with Gasteiger partial charge in [0.2, 0.25) is 0 Å². The second kappa shape index (κ2) is 4.70. The summed E-state index contributed by atoms with van der Waals surface area (Å²) in [5.74, 6) is -0.744. The molecule has 1 rings (SSSR count). The standard InChI is InChI=1S/C8H13F3N2O2S/c9-8(10,11)3-1-4-16(15)5-2-6(12)7(14)13-16/h6H,1-5,12H2/t6-,16?/m0/s1. The molecule has 1 heterocycles. The molecule has 0 aliphatic carbocycles. The van der Waals surface area contributed by atoms with Crippen LogP contribution < -0.4 is 5.73 Å². The van der Waals surface area contributed by atoms with Gasteiger partial charge in [-0.05, 0) is 12.8 Å². The Morgan fingerprint density at radius 1 is 1.50 bits per heavy atom. The first-order chi connectivity index (χ1) is 7.22. The Hall–Kier alpha value is -0.630. The van der Waals surface area contributed by atoms with Gasteiger partial charge in [0.1, 0.15) is 0 Å². The minimum atomic E-state index is -4.26. The number of carbonyl (C=O) groups excluding carboxylic acids is 1. The van der Waals surface area contributed by atoms with Crippen molar-refractivity contribution in [2.75, 3.05) is 11.5 Å². The summed E-state index contributed by atoms with van der Waals surface area (Å²) < 4.78 is 50.8. The van der Waals surface area contributed by atoms with E-state index in [1.807, 2.05) is 0 Å². The van der Waals surface area contributed by atoms with Gasteiger partial charge in [-0.1, -0.05) is 0 Å². The van der Waals surface area contributed by atoms with Crippen LogP contribution in [0.15, 0.2) is 4.36 Å². The van der Waals surface area contributed by atoms with Gasteiger partial charge in [0.15, 0.2) is 0 Å². The molecule has 4 nitrogen and oxygen atoms in total. The third-order valence-electron chi connectivity index (χ3n) is 2.24. The van der Waals surface area contributed by atoms with Crippen LogP contribution in [0.5, 0.6) is 0 Å². The zero-order valence-corrected chi connectivity index (χ0v) is 9.31. The van der Waals surface area contributed by atoms with Crippen LogP contribution in [-0.4, -0.2) is 33.8 Å². The predicted octanol–water partition coefficient (Wildman–Crippen LogP) is 1.05. The number of hydrogen-bond donors (Lipinski definition) is 1. The van der Waals surface area contributed by atoms with E-state index in [1.165, 1.54) is 0 Å². The quantitative estimate of drug-likeness (QED) is 0.822. The van der Waals surface area contributed by atoms with Crippen LogP contribution in [0, 0.1) is 0 Å². The first-order valence-electron chi connectivity index (χ1n) is 4.81. The third-order valence-corrected chi connectivity index (χ3v) is 4.56. The molecule has 2 atom stereocenters. The number of nitrogens with zero attached hydrogens (tertiary/aromatic N) is 1. The molecule has 0 radical (unpaired) electrons. The number of amides is 1. The highest BCUT2D eigenvalue weighted by Gasteiger charge is 2.29. The van der Waals surface area contributed by atoms with Gasteiger partial charge < -0.3 is 5.73 Å². The summed E-state index contributed by atoms with van der Waals surface area (Å²) in [4.78, 5) is 11.1. The van der Waals surface area contributed by atoms with Crippen molar-refractivity contribution in [3.63, 3.8) is 0 Å². The molecule has 0 aromatic heterocycles. The van der Waals surface area contributed by atoms with Crippen LogP contribution in [0.25, 0.3) is 0 Å². The maximum atomic E-state index is 11.9. The maximum absolute atomic E-state index is 11.9. The van der Waals surface area contributed by atoms with E-state index in [0.29, 0.717) is 0 Å². The second-order valence-electron chi connectivity index (χ2n) is 3.72. The Labute approximate surface area is 91.6 Å². The largest absolute Gasteiger partial charge is 0.389 e. The minimum absolute atomic E-state index is 0.109. The topological polar surface area (TPSA) is 72.5 Å². The fraction of sp³-hybridized carbons (Fsp3) is 0.875. The van der Waals surface area contributed by atoms with Gasteiger partial charge in [0.25, 0.3) is 5.91 Å². The summed E-state index contributed by atoms with van der Waals surface area (Å²) in [6, 6.07) is -0.753. The first-order valence-corrected chi connectivity index (χ1v) is 6.66. The van der Waals surface area contributed by atoms with Crippen LogP contribution in [0.1, 0.15) is 19.3 Å². The second-order valence-corrected chi connectivity index (χ2v) is 6.27. The number of carbonyl (C=O) groups is 1. The predicted molar refractivity (Wildman–Crippen MR) is 53.2 cm³/mol. The van der Waals surface area contributed by atoms with E-state index in [1.54, 1.807) is 0 Å². The Bertz CT molecular complexity index is 385. The fourth-order valence-electron chi connectivity index (χ4n) is 1.36. The number of alkyl halides is 3. The zero-order chi connectivity index (χ0) is 12.4. The van der Waals surface area contributed by atoms with Crippen LogP contribution in [-0.2, 0) is 14.5 Å². The summed E-state index contributed by atoms with van der Waals surface area (Å²) in [5.41, 5.74) is 5.35. The molecule has 1 aliphatic rings. The lowest BCUT2D eigenvalue weighted by Crippen LogP contribution is -2.36. The highest BCUT2D eigenvalue weighted by atomic mass is 32.2. The van der Waals surface area contributed by atoms with Crippen molar-refractivity contribution in [3.8, 4) is 0 Å². The van der Waals surface area contributed by atoms with E-state index in [9.17, 15) is 22.2 Å². The van der Waals surface area contributed by atoms with Crippen molar-refractivity contribution in [1.29, 1.82) is 0 Å². The molecular formula is C8H13F3N2O2S. The summed E-state index contributed by atoms with van der Waals surface area (Å²) in [6.45, 7) is 0. The van der Waals surface area contributed by atoms with Crippen LogP contribution in [0.3, 0.4) is 0 Å². The van der Waals surface area contributed by atoms with Crippen molar-refractivity contribution in [2.45, 2.75) is 31.5 Å². The van der Waals surface area contributed by atoms with Gasteiger partial charge in [-0.15, -0.1) is 0 Å². The van der Waals surface area contributed by atoms with Gasteiger partial charge in [-0.25, -0.2) is 4.21 Å². The van der Waals surface area contributed by atoms with E-state index in [2.05, 4.69) is 4.36 Å². The summed E-state index contributed by atoms with van der Waals surface area (Å²) in [7, 11) is -2.80. The lowest BCUT2D eigenvalue weighted by atomic mass is 10.2. The number of nitrogens with two attached hydrogens (primary N) is 1. The monoisotopic (exact) mass is 258 g/mol. The van der Waals surface area contributed by atoms with Crippen LogP contribution >= 0.6 is 0 Å². The molecule has 1 unspecified atom stereocenters. The molecule has 0 aromatic rings. The molecule has 0 aromatic carbocycles. The summed E-state index contributed by atoms with van der Waals surface area (Å²) >= 11 is 0. The van der Waals surface area contributed by atoms with Crippen molar-refractivity contribution in [2.24, 2.45) is 10.1 Å². The van der Waals surface area contributed by atoms with Gasteiger partial charge in [0, 0.05) is 17.9 Å². The molecule has 2 N–H and O–H groups in total. The summed E-state index contributed by atoms with van der Waals surface area (Å²) in [6.07, 6.45) is -5.30. The zero-order valence-electron chi connectivity index (χ0n) is 8.50. The van der Waals surface area contributed by atoms with Crippen LogP contribution in [0.2, 0.25) is 0 Å². The third kappa shape index (κ3) is 4.09. The van der Waals surface area contributed by atoms with Crippen molar-refractivity contribution >= 4 is 15.6 Å². The van der Waals surface area contributed by atoms with E-state index >= 15 is 0 Å². The number of hydrogen-bond acceptors (Lipinski definition) is 3. The van der Waals surface area contributed by atoms with E-state index < -0.39 is 34.3 Å². The van der Waals surface area contributed by atoms with Gasteiger partial charge in [-0.3, -0.25) is 4.79 Å². The molecule has 0 bridgehead atoms. The average Bonchev–Trinajstić information content (AvgIpc) is 2.10. The fourth-order valence-corrected chi connectivity index (χ4v) is 3.43.